The van der Waals surface area contributed by atoms with Crippen molar-refractivity contribution in [1.29, 1.82) is 0 Å². The predicted octanol–water partition coefficient (Wildman–Crippen LogP) is 8.42. The standard InChI is InChI=1S/C36H50INO6/c1-3-5-20-42-30-23-26(24-30)10-9-11-31(36(37)28-16-19-33-34(25-28)44-22-21-43-33)38-35(40)13-8-6-7-12-32(39)27-14-17-29(18-15-27)41-4-2/h14-19,25-26,30-31,36H,3-13,20-24H2,1-2H3,(H,38,40)/t26?,30?,31-,36?/m1/s1. The first-order valence-corrected chi connectivity index (χ1v) is 17.9. The highest BCUT2D eigenvalue weighted by molar-refractivity contribution is 14.1. The van der Waals surface area contributed by atoms with Crippen molar-refractivity contribution in [3.8, 4) is 17.2 Å². The van der Waals surface area contributed by atoms with Crippen molar-refractivity contribution in [2.75, 3.05) is 26.4 Å². The fraction of sp³-hybridized carbons (Fsp3) is 0.611. The molecule has 8 heteroatoms. The summed E-state index contributed by atoms with van der Waals surface area (Å²) in [7, 11) is 0. The maximum absolute atomic E-state index is 13.1. The van der Waals surface area contributed by atoms with Crippen molar-refractivity contribution >= 4 is 34.3 Å². The second-order valence-electron chi connectivity index (χ2n) is 12.0. The van der Waals surface area contributed by atoms with Crippen molar-refractivity contribution in [1.82, 2.24) is 5.32 Å². The quantitative estimate of drug-likeness (QED) is 0.0641. The number of carbonyl (C=O) groups excluding carboxylic acids is 2. The molecule has 2 aliphatic rings. The molecule has 1 heterocycles. The molecule has 0 saturated heterocycles. The smallest absolute Gasteiger partial charge is 0.220 e. The summed E-state index contributed by atoms with van der Waals surface area (Å²) in [4.78, 5) is 25.7. The van der Waals surface area contributed by atoms with E-state index in [0.717, 1.165) is 86.7 Å². The normalized spacial score (nSPS) is 18.6. The molecule has 0 aromatic heterocycles. The molecule has 1 unspecified atom stereocenters. The van der Waals surface area contributed by atoms with Gasteiger partial charge in [0.2, 0.25) is 5.91 Å². The lowest BCUT2D eigenvalue weighted by atomic mass is 9.78. The Morgan fingerprint density at radius 1 is 0.932 bits per heavy atom. The Morgan fingerprint density at radius 2 is 1.68 bits per heavy atom. The number of unbranched alkanes of at least 4 members (excludes halogenated alkanes) is 3. The van der Waals surface area contributed by atoms with Gasteiger partial charge in [-0.05, 0) is 93.3 Å². The largest absolute Gasteiger partial charge is 0.494 e. The first-order chi connectivity index (χ1) is 21.5. The van der Waals surface area contributed by atoms with Crippen LogP contribution in [0.4, 0.5) is 0 Å². The van der Waals surface area contributed by atoms with Gasteiger partial charge in [-0.3, -0.25) is 9.59 Å². The molecule has 1 aliphatic carbocycles. The molecule has 2 aromatic rings. The zero-order valence-corrected chi connectivity index (χ0v) is 28.6. The third kappa shape index (κ3) is 10.9. The molecule has 1 N–H and O–H groups in total. The summed E-state index contributed by atoms with van der Waals surface area (Å²) in [5, 5.41) is 3.37. The van der Waals surface area contributed by atoms with E-state index in [-0.39, 0.29) is 21.7 Å². The molecule has 1 saturated carbocycles. The molecule has 2 atom stereocenters. The summed E-state index contributed by atoms with van der Waals surface area (Å²) in [6.07, 6.45) is 11.6. The topological polar surface area (TPSA) is 83.1 Å². The molecular weight excluding hydrogens is 669 g/mol. The zero-order chi connectivity index (χ0) is 31.1. The van der Waals surface area contributed by atoms with E-state index in [0.29, 0.717) is 44.3 Å². The molecular formula is C36H50INO6. The van der Waals surface area contributed by atoms with Gasteiger partial charge in [0.1, 0.15) is 19.0 Å². The van der Waals surface area contributed by atoms with Gasteiger partial charge in [0.25, 0.3) is 0 Å². The molecule has 4 rings (SSSR count). The lowest BCUT2D eigenvalue weighted by molar-refractivity contribution is -0.122. The van der Waals surface area contributed by atoms with E-state index in [2.05, 4.69) is 47.0 Å². The van der Waals surface area contributed by atoms with Crippen LogP contribution in [0.2, 0.25) is 0 Å². The first-order valence-electron chi connectivity index (χ1n) is 16.7. The van der Waals surface area contributed by atoms with Gasteiger partial charge in [-0.2, -0.15) is 0 Å². The van der Waals surface area contributed by atoms with Crippen LogP contribution >= 0.6 is 22.6 Å². The number of fused-ring (bicyclic) bond motifs is 1. The highest BCUT2D eigenvalue weighted by Crippen LogP contribution is 2.39. The number of ketones is 1. The molecule has 0 radical (unpaired) electrons. The maximum atomic E-state index is 13.1. The third-order valence-electron chi connectivity index (χ3n) is 8.55. The van der Waals surface area contributed by atoms with E-state index in [9.17, 15) is 9.59 Å². The van der Waals surface area contributed by atoms with E-state index < -0.39 is 0 Å². The summed E-state index contributed by atoms with van der Waals surface area (Å²) in [6, 6.07) is 13.5. The summed E-state index contributed by atoms with van der Waals surface area (Å²) in [5.74, 6) is 3.29. The number of halogens is 1. The van der Waals surface area contributed by atoms with Crippen LogP contribution < -0.4 is 19.5 Å². The van der Waals surface area contributed by atoms with E-state index in [1.54, 1.807) is 0 Å². The molecule has 44 heavy (non-hydrogen) atoms. The van der Waals surface area contributed by atoms with E-state index in [4.69, 9.17) is 18.9 Å². The number of carbonyl (C=O) groups is 2. The second kappa shape index (κ2) is 18.6. The summed E-state index contributed by atoms with van der Waals surface area (Å²) in [5.41, 5.74) is 1.85. The number of amides is 1. The van der Waals surface area contributed by atoms with Gasteiger partial charge >= 0.3 is 0 Å². The number of nitrogens with one attached hydrogen (secondary N) is 1. The number of benzene rings is 2. The molecule has 2 aromatic carbocycles. The van der Waals surface area contributed by atoms with Crippen molar-refractivity contribution < 1.29 is 28.5 Å². The van der Waals surface area contributed by atoms with Crippen LogP contribution in [0, 0.1) is 5.92 Å². The Kier molecular flexibility index (Phi) is 14.6. The van der Waals surface area contributed by atoms with Crippen molar-refractivity contribution in [3.63, 3.8) is 0 Å². The molecule has 0 spiro atoms. The second-order valence-corrected chi connectivity index (χ2v) is 13.4. The van der Waals surface area contributed by atoms with E-state index in [1.165, 1.54) is 12.8 Å². The summed E-state index contributed by atoms with van der Waals surface area (Å²) in [6.45, 7) is 6.75. The van der Waals surface area contributed by atoms with Gasteiger partial charge in [-0.25, -0.2) is 0 Å². The molecule has 242 valence electrons. The van der Waals surface area contributed by atoms with Crippen LogP contribution in [0.1, 0.15) is 111 Å². The number of Topliss-reactive ketones (excluding diaryl/α,β-unsaturated/α-hetero) is 1. The van der Waals surface area contributed by atoms with Crippen molar-refractivity contribution in [2.45, 2.75) is 107 Å². The van der Waals surface area contributed by atoms with Crippen LogP contribution in [0.3, 0.4) is 0 Å². The Hall–Kier alpha value is -2.33. The lowest BCUT2D eigenvalue weighted by Gasteiger charge is -2.35. The van der Waals surface area contributed by atoms with Crippen molar-refractivity contribution in [3.05, 3.63) is 53.6 Å². The molecule has 1 fully saturated rings. The van der Waals surface area contributed by atoms with Gasteiger partial charge in [0, 0.05) is 31.1 Å². The van der Waals surface area contributed by atoms with E-state index >= 15 is 0 Å². The predicted molar refractivity (Wildman–Crippen MR) is 182 cm³/mol. The van der Waals surface area contributed by atoms with Gasteiger partial charge in [-0.1, -0.05) is 61.3 Å². The fourth-order valence-electron chi connectivity index (χ4n) is 5.90. The third-order valence-corrected chi connectivity index (χ3v) is 10.1. The Bertz CT molecular complexity index is 1170. The van der Waals surface area contributed by atoms with Gasteiger partial charge in [-0.15, -0.1) is 0 Å². The van der Waals surface area contributed by atoms with Gasteiger partial charge in [0.15, 0.2) is 17.3 Å². The molecule has 0 bridgehead atoms. The average Bonchev–Trinajstić information content (AvgIpc) is 3.02. The van der Waals surface area contributed by atoms with Crippen LogP contribution in [0.15, 0.2) is 42.5 Å². The number of hydrogen-bond donors (Lipinski definition) is 1. The minimum absolute atomic E-state index is 0.0311. The van der Waals surface area contributed by atoms with E-state index in [1.807, 2.05) is 37.3 Å². The minimum atomic E-state index is 0.0311. The number of ether oxygens (including phenoxy) is 4. The highest BCUT2D eigenvalue weighted by Gasteiger charge is 2.30. The average molecular weight is 720 g/mol. The fourth-order valence-corrected chi connectivity index (χ4v) is 6.82. The molecule has 7 nitrogen and oxygen atoms in total. The van der Waals surface area contributed by atoms with Crippen LogP contribution in [-0.4, -0.2) is 50.3 Å². The number of rotatable bonds is 20. The summed E-state index contributed by atoms with van der Waals surface area (Å²) < 4.78 is 23.1. The molecule has 1 amide bonds. The maximum Gasteiger partial charge on any atom is 0.220 e. The monoisotopic (exact) mass is 719 g/mol. The molecule has 1 aliphatic heterocycles. The SMILES string of the molecule is CCCCOC1CC(CCC[C@@H](NC(=O)CCCCCC(=O)c2ccc(OCC)cc2)C(I)c2ccc3c(c2)OCCO3)C1. The first kappa shape index (κ1) is 34.5. The van der Waals surface area contributed by atoms with Gasteiger partial charge < -0.3 is 24.3 Å². The zero-order valence-electron chi connectivity index (χ0n) is 26.5. The minimum Gasteiger partial charge on any atom is -0.494 e. The van der Waals surface area contributed by atoms with Crippen molar-refractivity contribution in [2.24, 2.45) is 5.92 Å². The Labute approximate surface area is 277 Å². The number of alkyl halides is 1. The Morgan fingerprint density at radius 3 is 2.43 bits per heavy atom. The lowest BCUT2D eigenvalue weighted by Crippen LogP contribution is -2.38. The van der Waals surface area contributed by atoms with Crippen LogP contribution in [-0.2, 0) is 9.53 Å². The summed E-state index contributed by atoms with van der Waals surface area (Å²) >= 11 is 2.47. The van der Waals surface area contributed by atoms with Crippen LogP contribution in [0.25, 0.3) is 0 Å². The Balaban J connectivity index is 1.22. The highest BCUT2D eigenvalue weighted by atomic mass is 127. The van der Waals surface area contributed by atoms with Crippen LogP contribution in [0.5, 0.6) is 17.2 Å². The van der Waals surface area contributed by atoms with Gasteiger partial charge in [0.05, 0.1) is 16.6 Å². The number of hydrogen-bond acceptors (Lipinski definition) is 6.